The van der Waals surface area contributed by atoms with Crippen LogP contribution >= 0.6 is 0 Å². The second-order valence-electron chi connectivity index (χ2n) is 4.37. The number of H-pyrrole nitrogens is 1. The SMILES string of the molecule is COc1cc(OCc2ccccc2)ccc1-c1nn[nH]n1. The zero-order valence-electron chi connectivity index (χ0n) is 11.5. The first-order chi connectivity index (χ1) is 10.4. The molecule has 0 atom stereocenters. The van der Waals surface area contributed by atoms with Crippen molar-refractivity contribution < 1.29 is 9.47 Å². The van der Waals surface area contributed by atoms with Gasteiger partial charge in [0, 0.05) is 6.07 Å². The molecule has 0 aliphatic rings. The van der Waals surface area contributed by atoms with Gasteiger partial charge in [-0.2, -0.15) is 5.21 Å². The molecule has 21 heavy (non-hydrogen) atoms. The van der Waals surface area contributed by atoms with Gasteiger partial charge in [0.2, 0.25) is 5.82 Å². The summed E-state index contributed by atoms with van der Waals surface area (Å²) in [5.41, 5.74) is 1.87. The number of nitrogens with zero attached hydrogens (tertiary/aromatic N) is 3. The maximum Gasteiger partial charge on any atom is 0.208 e. The predicted octanol–water partition coefficient (Wildman–Crippen LogP) is 2.45. The Balaban J connectivity index is 1.78. The summed E-state index contributed by atoms with van der Waals surface area (Å²) in [6.07, 6.45) is 0. The Kier molecular flexibility index (Phi) is 3.77. The average Bonchev–Trinajstić information content (AvgIpc) is 3.08. The van der Waals surface area contributed by atoms with Crippen LogP contribution in [0.5, 0.6) is 11.5 Å². The van der Waals surface area contributed by atoms with Crippen LogP contribution in [0.1, 0.15) is 5.56 Å². The van der Waals surface area contributed by atoms with E-state index in [-0.39, 0.29) is 0 Å². The molecular weight excluding hydrogens is 268 g/mol. The van der Waals surface area contributed by atoms with E-state index in [0.717, 1.165) is 16.9 Å². The minimum absolute atomic E-state index is 0.487. The largest absolute Gasteiger partial charge is 0.496 e. The fraction of sp³-hybridized carbons (Fsp3) is 0.133. The molecule has 106 valence electrons. The summed E-state index contributed by atoms with van der Waals surface area (Å²) in [5.74, 6) is 1.85. The molecule has 2 aromatic carbocycles. The molecule has 1 aromatic heterocycles. The average molecular weight is 282 g/mol. The standard InChI is InChI=1S/C15H14N4O2/c1-20-14-9-12(21-10-11-5-3-2-4-6-11)7-8-13(14)15-16-18-19-17-15/h2-9H,10H2,1H3,(H,16,17,18,19). The first kappa shape index (κ1) is 13.1. The molecule has 0 aliphatic heterocycles. The lowest BCUT2D eigenvalue weighted by atomic mass is 10.2. The third-order valence-corrected chi connectivity index (χ3v) is 3.01. The van der Waals surface area contributed by atoms with Crippen molar-refractivity contribution in [3.05, 3.63) is 54.1 Å². The Labute approximate surface area is 121 Å². The van der Waals surface area contributed by atoms with E-state index < -0.39 is 0 Å². The Morgan fingerprint density at radius 1 is 1.10 bits per heavy atom. The normalized spacial score (nSPS) is 10.3. The summed E-state index contributed by atoms with van der Waals surface area (Å²) in [7, 11) is 1.60. The Bertz CT molecular complexity index is 699. The van der Waals surface area contributed by atoms with Crippen molar-refractivity contribution in [2.24, 2.45) is 0 Å². The van der Waals surface area contributed by atoms with Gasteiger partial charge in [-0.15, -0.1) is 10.2 Å². The van der Waals surface area contributed by atoms with Crippen LogP contribution in [0.15, 0.2) is 48.5 Å². The van der Waals surface area contributed by atoms with Gasteiger partial charge in [-0.1, -0.05) is 30.3 Å². The molecular formula is C15H14N4O2. The van der Waals surface area contributed by atoms with Crippen LogP contribution in [-0.4, -0.2) is 27.7 Å². The first-order valence-corrected chi connectivity index (χ1v) is 6.45. The second-order valence-corrected chi connectivity index (χ2v) is 4.37. The Morgan fingerprint density at radius 3 is 2.67 bits per heavy atom. The third-order valence-electron chi connectivity index (χ3n) is 3.01. The quantitative estimate of drug-likeness (QED) is 0.778. The lowest BCUT2D eigenvalue weighted by Gasteiger charge is -2.10. The number of methoxy groups -OCH3 is 1. The monoisotopic (exact) mass is 282 g/mol. The van der Waals surface area contributed by atoms with Crippen LogP contribution in [0.3, 0.4) is 0 Å². The summed E-state index contributed by atoms with van der Waals surface area (Å²) in [4.78, 5) is 0. The number of aromatic nitrogens is 4. The number of hydrogen-bond donors (Lipinski definition) is 1. The molecule has 1 heterocycles. The molecule has 0 aliphatic carbocycles. The number of rotatable bonds is 5. The molecule has 0 saturated heterocycles. The number of aromatic amines is 1. The van der Waals surface area contributed by atoms with E-state index in [4.69, 9.17) is 9.47 Å². The molecule has 6 nitrogen and oxygen atoms in total. The van der Waals surface area contributed by atoms with Gasteiger partial charge in [0.25, 0.3) is 0 Å². The van der Waals surface area contributed by atoms with Crippen LogP contribution in [-0.2, 0) is 6.61 Å². The van der Waals surface area contributed by atoms with E-state index >= 15 is 0 Å². The molecule has 0 bridgehead atoms. The van der Waals surface area contributed by atoms with E-state index in [9.17, 15) is 0 Å². The van der Waals surface area contributed by atoms with E-state index in [1.807, 2.05) is 48.5 Å². The highest BCUT2D eigenvalue weighted by molar-refractivity contribution is 5.65. The second kappa shape index (κ2) is 6.04. The van der Waals surface area contributed by atoms with Crippen molar-refractivity contribution in [2.75, 3.05) is 7.11 Å². The molecule has 0 radical (unpaired) electrons. The topological polar surface area (TPSA) is 72.9 Å². The smallest absolute Gasteiger partial charge is 0.208 e. The van der Waals surface area contributed by atoms with Gasteiger partial charge in [0.05, 0.1) is 12.7 Å². The lowest BCUT2D eigenvalue weighted by Crippen LogP contribution is -1.96. The van der Waals surface area contributed by atoms with Gasteiger partial charge in [0.15, 0.2) is 0 Å². The molecule has 0 fully saturated rings. The molecule has 0 unspecified atom stereocenters. The van der Waals surface area contributed by atoms with Crippen LogP contribution in [0.2, 0.25) is 0 Å². The first-order valence-electron chi connectivity index (χ1n) is 6.45. The van der Waals surface area contributed by atoms with Gasteiger partial charge in [-0.3, -0.25) is 0 Å². The van der Waals surface area contributed by atoms with E-state index in [1.165, 1.54) is 0 Å². The highest BCUT2D eigenvalue weighted by atomic mass is 16.5. The molecule has 1 N–H and O–H groups in total. The predicted molar refractivity (Wildman–Crippen MR) is 76.9 cm³/mol. The minimum Gasteiger partial charge on any atom is -0.496 e. The Hall–Kier alpha value is -2.89. The van der Waals surface area contributed by atoms with Gasteiger partial charge in [-0.05, 0) is 22.9 Å². The van der Waals surface area contributed by atoms with Gasteiger partial charge in [-0.25, -0.2) is 0 Å². The third kappa shape index (κ3) is 3.00. The van der Waals surface area contributed by atoms with Crippen molar-refractivity contribution in [1.29, 1.82) is 0 Å². The van der Waals surface area contributed by atoms with Crippen molar-refractivity contribution >= 4 is 0 Å². The van der Waals surface area contributed by atoms with Gasteiger partial charge < -0.3 is 9.47 Å². The maximum atomic E-state index is 5.76. The summed E-state index contributed by atoms with van der Waals surface area (Å²) in [5, 5.41) is 13.9. The summed E-state index contributed by atoms with van der Waals surface area (Å²) >= 11 is 0. The van der Waals surface area contributed by atoms with E-state index in [2.05, 4.69) is 20.6 Å². The molecule has 3 aromatic rings. The summed E-state index contributed by atoms with van der Waals surface area (Å²) in [6.45, 7) is 0.506. The van der Waals surface area contributed by atoms with Crippen LogP contribution in [0, 0.1) is 0 Å². The van der Waals surface area contributed by atoms with Crippen molar-refractivity contribution in [3.63, 3.8) is 0 Å². The number of benzene rings is 2. The lowest BCUT2D eigenvalue weighted by molar-refractivity contribution is 0.304. The molecule has 6 heteroatoms. The number of nitrogens with one attached hydrogen (secondary N) is 1. The number of tetrazole rings is 1. The van der Waals surface area contributed by atoms with Gasteiger partial charge >= 0.3 is 0 Å². The fourth-order valence-electron chi connectivity index (χ4n) is 1.96. The van der Waals surface area contributed by atoms with Crippen LogP contribution in [0.25, 0.3) is 11.4 Å². The highest BCUT2D eigenvalue weighted by Gasteiger charge is 2.11. The van der Waals surface area contributed by atoms with Crippen LogP contribution in [0.4, 0.5) is 0 Å². The Morgan fingerprint density at radius 2 is 1.95 bits per heavy atom. The zero-order valence-corrected chi connectivity index (χ0v) is 11.5. The van der Waals surface area contributed by atoms with Gasteiger partial charge in [0.1, 0.15) is 18.1 Å². The summed E-state index contributed by atoms with van der Waals surface area (Å²) in [6, 6.07) is 15.5. The fourth-order valence-corrected chi connectivity index (χ4v) is 1.96. The van der Waals surface area contributed by atoms with E-state index in [0.29, 0.717) is 18.2 Å². The highest BCUT2D eigenvalue weighted by Crippen LogP contribution is 2.31. The van der Waals surface area contributed by atoms with Crippen molar-refractivity contribution in [3.8, 4) is 22.9 Å². The molecule has 0 amide bonds. The summed E-state index contributed by atoms with van der Waals surface area (Å²) < 4.78 is 11.1. The van der Waals surface area contributed by atoms with Crippen LogP contribution < -0.4 is 9.47 Å². The van der Waals surface area contributed by atoms with Crippen molar-refractivity contribution in [1.82, 2.24) is 20.6 Å². The zero-order chi connectivity index (χ0) is 14.5. The number of hydrogen-bond acceptors (Lipinski definition) is 5. The molecule has 0 spiro atoms. The molecule has 3 rings (SSSR count). The van der Waals surface area contributed by atoms with E-state index in [1.54, 1.807) is 7.11 Å². The van der Waals surface area contributed by atoms with Crippen molar-refractivity contribution in [2.45, 2.75) is 6.61 Å². The molecule has 0 saturated carbocycles. The minimum atomic E-state index is 0.487. The maximum absolute atomic E-state index is 5.76. The number of ether oxygens (including phenoxy) is 2.